The van der Waals surface area contributed by atoms with Gasteiger partial charge in [0.25, 0.3) is 10.1 Å². The summed E-state index contributed by atoms with van der Waals surface area (Å²) < 4.78 is 25.3. The second-order valence-corrected chi connectivity index (χ2v) is 3.51. The summed E-state index contributed by atoms with van der Waals surface area (Å²) in [5, 5.41) is 0. The molecule has 0 saturated heterocycles. The van der Waals surface area contributed by atoms with Gasteiger partial charge in [-0.25, -0.2) is 0 Å². The molecule has 0 spiro atoms. The van der Waals surface area contributed by atoms with Gasteiger partial charge < -0.3 is 11.5 Å². The summed E-state index contributed by atoms with van der Waals surface area (Å²) in [4.78, 5) is 10.3. The van der Waals surface area contributed by atoms with Gasteiger partial charge in [0, 0.05) is 0 Å². The van der Waals surface area contributed by atoms with Crippen LogP contribution < -0.4 is 11.5 Å². The zero-order valence-electron chi connectivity index (χ0n) is 5.98. The Labute approximate surface area is 64.6 Å². The standard InChI is InChI=1S/C4H10N2O4S/c1-3(4(6)7)10-11(8,9)2-5/h3H,2,5H2,1H3,(H2,6,7). The molecule has 1 amide bonds. The summed E-state index contributed by atoms with van der Waals surface area (Å²) in [5.74, 6) is -1.51. The third-order valence-corrected chi connectivity index (χ3v) is 1.89. The Morgan fingerprint density at radius 3 is 2.36 bits per heavy atom. The van der Waals surface area contributed by atoms with Gasteiger partial charge in [-0.1, -0.05) is 0 Å². The summed E-state index contributed by atoms with van der Waals surface area (Å²) in [5.41, 5.74) is 9.52. The third-order valence-electron chi connectivity index (χ3n) is 0.896. The molecule has 0 aliphatic carbocycles. The Balaban J connectivity index is 4.16. The Morgan fingerprint density at radius 2 is 2.09 bits per heavy atom. The lowest BCUT2D eigenvalue weighted by atomic mass is 10.4. The van der Waals surface area contributed by atoms with Crippen molar-refractivity contribution in [1.82, 2.24) is 0 Å². The number of primary amides is 1. The maximum Gasteiger partial charge on any atom is 0.281 e. The molecule has 0 aliphatic heterocycles. The first-order valence-electron chi connectivity index (χ1n) is 2.79. The maximum atomic E-state index is 10.6. The van der Waals surface area contributed by atoms with Crippen LogP contribution in [0, 0.1) is 0 Å². The Hall–Kier alpha value is -0.660. The minimum Gasteiger partial charge on any atom is -0.367 e. The molecule has 0 rings (SSSR count). The van der Waals surface area contributed by atoms with Gasteiger partial charge in [0.05, 0.1) is 0 Å². The van der Waals surface area contributed by atoms with E-state index in [9.17, 15) is 13.2 Å². The van der Waals surface area contributed by atoms with Crippen LogP contribution in [-0.4, -0.2) is 26.3 Å². The van der Waals surface area contributed by atoms with Crippen LogP contribution in [0.2, 0.25) is 0 Å². The van der Waals surface area contributed by atoms with Crippen LogP contribution >= 0.6 is 0 Å². The number of hydrogen-bond acceptors (Lipinski definition) is 5. The molecule has 7 heteroatoms. The first-order chi connectivity index (χ1) is 4.89. The van der Waals surface area contributed by atoms with E-state index in [-0.39, 0.29) is 0 Å². The van der Waals surface area contributed by atoms with E-state index in [0.29, 0.717) is 0 Å². The Kier molecular flexibility index (Phi) is 3.43. The van der Waals surface area contributed by atoms with Gasteiger partial charge in [0.1, 0.15) is 5.88 Å². The van der Waals surface area contributed by atoms with Crippen molar-refractivity contribution in [2.75, 3.05) is 5.88 Å². The highest BCUT2D eigenvalue weighted by Gasteiger charge is 2.17. The molecule has 0 radical (unpaired) electrons. The fraction of sp³-hybridized carbons (Fsp3) is 0.750. The second kappa shape index (κ2) is 3.65. The van der Waals surface area contributed by atoms with Gasteiger partial charge in [0.2, 0.25) is 5.91 Å². The summed E-state index contributed by atoms with van der Waals surface area (Å²) >= 11 is 0. The lowest BCUT2D eigenvalue weighted by Crippen LogP contribution is -2.32. The minimum atomic E-state index is -3.79. The molecule has 1 atom stereocenters. The van der Waals surface area contributed by atoms with Crippen molar-refractivity contribution in [3.05, 3.63) is 0 Å². The molecular weight excluding hydrogens is 172 g/mol. The van der Waals surface area contributed by atoms with Crippen LogP contribution in [0.15, 0.2) is 0 Å². The first kappa shape index (κ1) is 10.3. The van der Waals surface area contributed by atoms with Crippen molar-refractivity contribution >= 4 is 16.0 Å². The molecule has 0 aromatic rings. The van der Waals surface area contributed by atoms with Crippen molar-refractivity contribution in [2.24, 2.45) is 11.5 Å². The van der Waals surface area contributed by atoms with Crippen LogP contribution in [0.3, 0.4) is 0 Å². The second-order valence-electron chi connectivity index (χ2n) is 1.87. The molecule has 0 aromatic carbocycles. The first-order valence-corrected chi connectivity index (χ1v) is 4.37. The zero-order valence-corrected chi connectivity index (χ0v) is 6.80. The monoisotopic (exact) mass is 182 g/mol. The van der Waals surface area contributed by atoms with E-state index >= 15 is 0 Å². The van der Waals surface area contributed by atoms with Gasteiger partial charge in [-0.2, -0.15) is 8.42 Å². The lowest BCUT2D eigenvalue weighted by molar-refractivity contribution is -0.123. The minimum absolute atomic E-state index is 0.662. The molecule has 4 N–H and O–H groups in total. The number of rotatable bonds is 4. The predicted molar refractivity (Wildman–Crippen MR) is 37.7 cm³/mol. The van der Waals surface area contributed by atoms with E-state index < -0.39 is 28.0 Å². The van der Waals surface area contributed by atoms with E-state index in [4.69, 9.17) is 11.5 Å². The third kappa shape index (κ3) is 3.91. The van der Waals surface area contributed by atoms with Crippen LogP contribution in [0.4, 0.5) is 0 Å². The summed E-state index contributed by atoms with van der Waals surface area (Å²) in [6.07, 6.45) is -1.16. The van der Waals surface area contributed by atoms with Gasteiger partial charge in [-0.15, -0.1) is 0 Å². The maximum absolute atomic E-state index is 10.6. The van der Waals surface area contributed by atoms with Gasteiger partial charge in [0.15, 0.2) is 6.10 Å². The largest absolute Gasteiger partial charge is 0.367 e. The van der Waals surface area contributed by atoms with E-state index in [1.54, 1.807) is 0 Å². The number of carbonyl (C=O) groups is 1. The van der Waals surface area contributed by atoms with Gasteiger partial charge >= 0.3 is 0 Å². The van der Waals surface area contributed by atoms with Crippen molar-refractivity contribution in [3.8, 4) is 0 Å². The van der Waals surface area contributed by atoms with Gasteiger partial charge in [-0.05, 0) is 6.92 Å². The number of carbonyl (C=O) groups excluding carboxylic acids is 1. The molecule has 6 nitrogen and oxygen atoms in total. The fourth-order valence-corrected chi connectivity index (χ4v) is 0.920. The Bertz CT molecular complexity index is 234. The summed E-state index contributed by atoms with van der Waals surface area (Å²) in [7, 11) is -3.79. The van der Waals surface area contributed by atoms with E-state index in [0.717, 1.165) is 0 Å². The molecule has 1 unspecified atom stereocenters. The molecule has 0 aromatic heterocycles. The number of hydrogen-bond donors (Lipinski definition) is 2. The Morgan fingerprint density at radius 1 is 1.64 bits per heavy atom. The molecule has 0 bridgehead atoms. The number of amides is 1. The molecule has 0 fully saturated rings. The van der Waals surface area contributed by atoms with Crippen LogP contribution in [0.1, 0.15) is 6.92 Å². The predicted octanol–water partition coefficient (Wildman–Crippen LogP) is -1.88. The molecule has 66 valence electrons. The van der Waals surface area contributed by atoms with Crippen molar-refractivity contribution in [2.45, 2.75) is 13.0 Å². The molecule has 0 aliphatic rings. The molecular formula is C4H10N2O4S. The van der Waals surface area contributed by atoms with E-state index in [1.807, 2.05) is 0 Å². The van der Waals surface area contributed by atoms with E-state index in [2.05, 4.69) is 4.18 Å². The lowest BCUT2D eigenvalue weighted by Gasteiger charge is -2.06. The van der Waals surface area contributed by atoms with Crippen molar-refractivity contribution in [1.29, 1.82) is 0 Å². The van der Waals surface area contributed by atoms with Crippen LogP contribution in [0.5, 0.6) is 0 Å². The highest BCUT2D eigenvalue weighted by atomic mass is 32.2. The summed E-state index contributed by atoms with van der Waals surface area (Å²) in [6, 6.07) is 0. The zero-order chi connectivity index (χ0) is 9.07. The average molecular weight is 182 g/mol. The highest BCUT2D eigenvalue weighted by molar-refractivity contribution is 7.86. The molecule has 11 heavy (non-hydrogen) atoms. The number of nitrogens with two attached hydrogens (primary N) is 2. The smallest absolute Gasteiger partial charge is 0.281 e. The van der Waals surface area contributed by atoms with Crippen LogP contribution in [0.25, 0.3) is 0 Å². The average Bonchev–Trinajstić information content (AvgIpc) is 1.87. The SMILES string of the molecule is CC(OS(=O)(=O)CN)C(N)=O. The van der Waals surface area contributed by atoms with Crippen LogP contribution in [-0.2, 0) is 19.1 Å². The summed E-state index contributed by atoms with van der Waals surface area (Å²) in [6.45, 7) is 1.23. The quantitative estimate of drug-likeness (QED) is 0.494. The molecule has 0 heterocycles. The fourth-order valence-electron chi connectivity index (χ4n) is 0.307. The normalized spacial score (nSPS) is 14.4. The molecule has 0 saturated carbocycles. The topological polar surface area (TPSA) is 112 Å². The van der Waals surface area contributed by atoms with Crippen molar-refractivity contribution in [3.63, 3.8) is 0 Å². The van der Waals surface area contributed by atoms with Crippen molar-refractivity contribution < 1.29 is 17.4 Å². The van der Waals surface area contributed by atoms with E-state index in [1.165, 1.54) is 6.92 Å². The highest BCUT2D eigenvalue weighted by Crippen LogP contribution is 1.96. The van der Waals surface area contributed by atoms with Gasteiger partial charge in [-0.3, -0.25) is 8.98 Å².